The van der Waals surface area contributed by atoms with Crippen molar-refractivity contribution in [2.24, 2.45) is 0 Å². The Morgan fingerprint density at radius 2 is 1.94 bits per heavy atom. The molecule has 90 valence electrons. The number of nitrogens with zero attached hydrogens (tertiary/aromatic N) is 2. The maximum atomic E-state index is 5.18. The fourth-order valence-electron chi connectivity index (χ4n) is 1.61. The summed E-state index contributed by atoms with van der Waals surface area (Å²) >= 11 is 0. The Balaban J connectivity index is 3.21. The molecule has 0 saturated heterocycles. The van der Waals surface area contributed by atoms with E-state index in [2.05, 4.69) is 44.6 Å². The zero-order valence-corrected chi connectivity index (χ0v) is 11.2. The van der Waals surface area contributed by atoms with Crippen LogP contribution in [0, 0.1) is 0 Å². The highest BCUT2D eigenvalue weighted by atomic mass is 16.5. The quantitative estimate of drug-likeness (QED) is 0.788. The Bertz CT molecular complexity index is 353. The smallest absolute Gasteiger partial charge is 0.131 e. The molecular formula is C13H22N2O. The van der Waals surface area contributed by atoms with Crippen molar-refractivity contribution in [3.8, 4) is 0 Å². The minimum atomic E-state index is 0.0282. The second-order valence-corrected chi connectivity index (χ2v) is 5.44. The molecule has 3 nitrogen and oxygen atoms in total. The van der Waals surface area contributed by atoms with Crippen molar-refractivity contribution < 1.29 is 4.74 Å². The van der Waals surface area contributed by atoms with Crippen LogP contribution in [0.3, 0.4) is 0 Å². The molecule has 1 rings (SSSR count). The van der Waals surface area contributed by atoms with Gasteiger partial charge < -0.3 is 4.74 Å². The first kappa shape index (κ1) is 13.1. The lowest BCUT2D eigenvalue weighted by Crippen LogP contribution is -2.19. The monoisotopic (exact) mass is 222 g/mol. The van der Waals surface area contributed by atoms with Crippen LogP contribution in [-0.4, -0.2) is 17.1 Å². The van der Waals surface area contributed by atoms with Crippen LogP contribution in [0.15, 0.2) is 6.20 Å². The second-order valence-electron chi connectivity index (χ2n) is 5.44. The van der Waals surface area contributed by atoms with Crippen molar-refractivity contribution in [1.82, 2.24) is 9.97 Å². The summed E-state index contributed by atoms with van der Waals surface area (Å²) in [7, 11) is 1.70. The lowest BCUT2D eigenvalue weighted by atomic mass is 9.89. The van der Waals surface area contributed by atoms with Crippen molar-refractivity contribution in [3.63, 3.8) is 0 Å². The molecule has 0 N–H and O–H groups in total. The molecule has 0 radical (unpaired) electrons. The van der Waals surface area contributed by atoms with Crippen LogP contribution in [0.4, 0.5) is 0 Å². The van der Waals surface area contributed by atoms with Gasteiger partial charge in [-0.05, 0) is 0 Å². The van der Waals surface area contributed by atoms with Crippen molar-refractivity contribution in [2.75, 3.05) is 7.11 Å². The number of aromatic nitrogens is 2. The summed E-state index contributed by atoms with van der Waals surface area (Å²) in [5.41, 5.74) is 2.20. The van der Waals surface area contributed by atoms with Crippen molar-refractivity contribution >= 4 is 0 Å². The molecule has 0 aliphatic rings. The molecule has 0 fully saturated rings. The van der Waals surface area contributed by atoms with E-state index in [4.69, 9.17) is 4.74 Å². The molecular weight excluding hydrogens is 200 g/mol. The fourth-order valence-corrected chi connectivity index (χ4v) is 1.61. The average molecular weight is 222 g/mol. The van der Waals surface area contributed by atoms with Gasteiger partial charge in [0.2, 0.25) is 0 Å². The van der Waals surface area contributed by atoms with E-state index in [1.54, 1.807) is 7.11 Å². The highest BCUT2D eigenvalue weighted by molar-refractivity contribution is 5.24. The van der Waals surface area contributed by atoms with Gasteiger partial charge in [0.05, 0.1) is 12.3 Å². The maximum absolute atomic E-state index is 5.18. The predicted octanol–water partition coefficient (Wildman–Crippen LogP) is 3.04. The molecule has 16 heavy (non-hydrogen) atoms. The molecule has 0 bridgehead atoms. The summed E-state index contributed by atoms with van der Waals surface area (Å²) in [5.74, 6) is 1.27. The Labute approximate surface area is 98.3 Å². The molecule has 0 unspecified atom stereocenters. The Kier molecular flexibility index (Phi) is 4.03. The molecule has 0 amide bonds. The molecule has 0 saturated carbocycles. The van der Waals surface area contributed by atoms with Gasteiger partial charge in [-0.2, -0.15) is 0 Å². The van der Waals surface area contributed by atoms with Crippen LogP contribution in [0.25, 0.3) is 0 Å². The van der Waals surface area contributed by atoms with Crippen LogP contribution in [0.2, 0.25) is 0 Å². The SMILES string of the molecule is COCc1cnc(C(C)C)nc1C(C)(C)C. The third-order valence-corrected chi connectivity index (χ3v) is 2.41. The van der Waals surface area contributed by atoms with Crippen molar-refractivity contribution in [3.05, 3.63) is 23.3 Å². The largest absolute Gasteiger partial charge is 0.380 e. The number of rotatable bonds is 3. The summed E-state index contributed by atoms with van der Waals surface area (Å²) in [6.07, 6.45) is 1.90. The average Bonchev–Trinajstić information content (AvgIpc) is 2.16. The Morgan fingerprint density at radius 3 is 2.38 bits per heavy atom. The zero-order valence-electron chi connectivity index (χ0n) is 11.2. The van der Waals surface area contributed by atoms with Gasteiger partial charge in [0.25, 0.3) is 0 Å². The molecule has 0 atom stereocenters. The highest BCUT2D eigenvalue weighted by Crippen LogP contribution is 2.25. The van der Waals surface area contributed by atoms with Crippen LogP contribution >= 0.6 is 0 Å². The van der Waals surface area contributed by atoms with E-state index in [9.17, 15) is 0 Å². The van der Waals surface area contributed by atoms with Gasteiger partial charge in [0.15, 0.2) is 0 Å². The standard InChI is InChI=1S/C13H22N2O/c1-9(2)12-14-7-10(8-16-6)11(15-12)13(3,4)5/h7,9H,8H2,1-6H3. The van der Waals surface area contributed by atoms with E-state index in [1.807, 2.05) is 6.20 Å². The van der Waals surface area contributed by atoms with Crippen LogP contribution in [-0.2, 0) is 16.8 Å². The van der Waals surface area contributed by atoms with Gasteiger partial charge in [-0.3, -0.25) is 0 Å². The normalized spacial score (nSPS) is 12.2. The Hall–Kier alpha value is -0.960. The molecule has 0 aliphatic heterocycles. The lowest BCUT2D eigenvalue weighted by molar-refractivity contribution is 0.182. The number of hydrogen-bond donors (Lipinski definition) is 0. The maximum Gasteiger partial charge on any atom is 0.131 e. The first-order chi connectivity index (χ1) is 7.36. The molecule has 0 aliphatic carbocycles. The molecule has 0 aromatic carbocycles. The molecule has 0 spiro atoms. The molecule has 3 heteroatoms. The summed E-state index contributed by atoms with van der Waals surface area (Å²) in [5, 5.41) is 0. The van der Waals surface area contributed by atoms with Crippen LogP contribution in [0.1, 0.15) is 57.6 Å². The van der Waals surface area contributed by atoms with E-state index >= 15 is 0 Å². The molecule has 1 heterocycles. The van der Waals surface area contributed by atoms with Gasteiger partial charge in [0, 0.05) is 30.2 Å². The second kappa shape index (κ2) is 4.91. The predicted molar refractivity (Wildman–Crippen MR) is 65.5 cm³/mol. The zero-order chi connectivity index (χ0) is 12.3. The number of ether oxygens (including phenoxy) is 1. The Morgan fingerprint density at radius 1 is 1.31 bits per heavy atom. The van der Waals surface area contributed by atoms with E-state index in [0.29, 0.717) is 12.5 Å². The van der Waals surface area contributed by atoms with Gasteiger partial charge in [0.1, 0.15) is 5.82 Å². The van der Waals surface area contributed by atoms with E-state index in [0.717, 1.165) is 17.1 Å². The van der Waals surface area contributed by atoms with Gasteiger partial charge in [-0.15, -0.1) is 0 Å². The summed E-state index contributed by atoms with van der Waals surface area (Å²) in [6, 6.07) is 0. The summed E-state index contributed by atoms with van der Waals surface area (Å²) in [4.78, 5) is 9.05. The minimum absolute atomic E-state index is 0.0282. The molecule has 1 aromatic rings. The third kappa shape index (κ3) is 3.01. The first-order valence-corrected chi connectivity index (χ1v) is 5.71. The first-order valence-electron chi connectivity index (χ1n) is 5.71. The topological polar surface area (TPSA) is 35.0 Å². The van der Waals surface area contributed by atoms with Gasteiger partial charge in [-0.25, -0.2) is 9.97 Å². The third-order valence-electron chi connectivity index (χ3n) is 2.41. The number of methoxy groups -OCH3 is 1. The van der Waals surface area contributed by atoms with E-state index in [-0.39, 0.29) is 5.41 Å². The fraction of sp³-hybridized carbons (Fsp3) is 0.692. The van der Waals surface area contributed by atoms with Crippen LogP contribution in [0.5, 0.6) is 0 Å². The van der Waals surface area contributed by atoms with Gasteiger partial charge in [-0.1, -0.05) is 34.6 Å². The van der Waals surface area contributed by atoms with Gasteiger partial charge >= 0.3 is 0 Å². The summed E-state index contributed by atoms with van der Waals surface area (Å²) in [6.45, 7) is 11.3. The van der Waals surface area contributed by atoms with E-state index in [1.165, 1.54) is 0 Å². The van der Waals surface area contributed by atoms with Crippen molar-refractivity contribution in [2.45, 2.75) is 52.6 Å². The van der Waals surface area contributed by atoms with Crippen molar-refractivity contribution in [1.29, 1.82) is 0 Å². The number of hydrogen-bond acceptors (Lipinski definition) is 3. The lowest BCUT2D eigenvalue weighted by Gasteiger charge is -2.22. The van der Waals surface area contributed by atoms with Crippen LogP contribution < -0.4 is 0 Å². The molecule has 1 aromatic heterocycles. The highest BCUT2D eigenvalue weighted by Gasteiger charge is 2.21. The minimum Gasteiger partial charge on any atom is -0.380 e. The summed E-state index contributed by atoms with van der Waals surface area (Å²) < 4.78 is 5.18. The van der Waals surface area contributed by atoms with E-state index < -0.39 is 0 Å².